The molecule has 0 saturated heterocycles. The molecular weight excluding hydrogens is 260 g/mol. The van der Waals surface area contributed by atoms with E-state index in [1.165, 1.54) is 25.0 Å². The Morgan fingerprint density at radius 1 is 1.55 bits per heavy atom. The number of anilines is 1. The summed E-state index contributed by atoms with van der Waals surface area (Å²) in [5, 5.41) is 13.9. The maximum Gasteiger partial charge on any atom is 0.306 e. The first-order valence-corrected chi connectivity index (χ1v) is 6.57. The van der Waals surface area contributed by atoms with Crippen LogP contribution in [0, 0.1) is 16.0 Å². The molecule has 1 saturated carbocycles. The van der Waals surface area contributed by atoms with Crippen molar-refractivity contribution in [2.75, 3.05) is 5.43 Å². The number of nitro benzene ring substituents is 1. The van der Waals surface area contributed by atoms with E-state index in [9.17, 15) is 14.9 Å². The second kappa shape index (κ2) is 5.87. The fraction of sp³-hybridized carbons (Fsp3) is 0.462. The van der Waals surface area contributed by atoms with E-state index in [1.54, 1.807) is 6.07 Å². The number of amides is 1. The summed E-state index contributed by atoms with van der Waals surface area (Å²) in [6.07, 6.45) is 3.31. The highest BCUT2D eigenvalue weighted by molar-refractivity contribution is 6.00. The Balaban J connectivity index is 2.17. The minimum Gasteiger partial charge on any atom is -0.349 e. The van der Waals surface area contributed by atoms with Gasteiger partial charge in [-0.15, -0.1) is 0 Å². The maximum atomic E-state index is 12.2. The molecule has 1 atom stereocenters. The van der Waals surface area contributed by atoms with E-state index in [0.717, 1.165) is 6.42 Å². The van der Waals surface area contributed by atoms with E-state index < -0.39 is 10.8 Å². The van der Waals surface area contributed by atoms with Crippen LogP contribution in [0.3, 0.4) is 0 Å². The molecule has 0 bridgehead atoms. The Hall–Kier alpha value is -2.15. The van der Waals surface area contributed by atoms with Crippen molar-refractivity contribution >= 4 is 17.3 Å². The van der Waals surface area contributed by atoms with Crippen LogP contribution >= 0.6 is 0 Å². The molecule has 1 unspecified atom stereocenters. The van der Waals surface area contributed by atoms with Gasteiger partial charge >= 0.3 is 5.69 Å². The summed E-state index contributed by atoms with van der Waals surface area (Å²) in [6.45, 7) is 1.91. The highest BCUT2D eigenvalue weighted by atomic mass is 16.6. The van der Waals surface area contributed by atoms with Gasteiger partial charge in [0, 0.05) is 6.04 Å². The van der Waals surface area contributed by atoms with E-state index >= 15 is 0 Å². The first-order chi connectivity index (χ1) is 9.52. The van der Waals surface area contributed by atoms with Crippen LogP contribution in [-0.4, -0.2) is 16.9 Å². The lowest BCUT2D eigenvalue weighted by Gasteiger charge is -2.14. The normalized spacial score (nSPS) is 15.5. The summed E-state index contributed by atoms with van der Waals surface area (Å²) >= 11 is 0. The van der Waals surface area contributed by atoms with Gasteiger partial charge in [-0.2, -0.15) is 0 Å². The monoisotopic (exact) mass is 278 g/mol. The standard InChI is InChI=1S/C13H18N4O3/c1-8(7-9-5-6-9)15-13(18)10-3-2-4-11(16-14)12(10)17(19)20/h2-4,8-9,16H,5-7,14H2,1H3,(H,15,18). The molecule has 4 N–H and O–H groups in total. The second-order valence-corrected chi connectivity index (χ2v) is 5.16. The van der Waals surface area contributed by atoms with Gasteiger partial charge in [0.2, 0.25) is 0 Å². The second-order valence-electron chi connectivity index (χ2n) is 5.16. The van der Waals surface area contributed by atoms with Crippen LogP contribution in [0.15, 0.2) is 18.2 Å². The molecule has 0 aromatic heterocycles. The quantitative estimate of drug-likeness (QED) is 0.417. The molecule has 7 heteroatoms. The van der Waals surface area contributed by atoms with Crippen LogP contribution < -0.4 is 16.6 Å². The number of nitro groups is 1. The maximum absolute atomic E-state index is 12.2. The van der Waals surface area contributed by atoms with Crippen molar-refractivity contribution in [3.63, 3.8) is 0 Å². The van der Waals surface area contributed by atoms with Crippen molar-refractivity contribution in [3.05, 3.63) is 33.9 Å². The van der Waals surface area contributed by atoms with Gasteiger partial charge in [0.25, 0.3) is 5.91 Å². The fourth-order valence-electron chi connectivity index (χ4n) is 2.25. The third-order valence-corrected chi connectivity index (χ3v) is 3.38. The summed E-state index contributed by atoms with van der Waals surface area (Å²) in [5.41, 5.74) is 2.09. The Bertz CT molecular complexity index is 528. The van der Waals surface area contributed by atoms with Crippen molar-refractivity contribution in [2.45, 2.75) is 32.2 Å². The Morgan fingerprint density at radius 3 is 2.80 bits per heavy atom. The van der Waals surface area contributed by atoms with Gasteiger partial charge in [-0.1, -0.05) is 18.9 Å². The van der Waals surface area contributed by atoms with Crippen LogP contribution in [0.2, 0.25) is 0 Å². The largest absolute Gasteiger partial charge is 0.349 e. The minimum atomic E-state index is -0.602. The first-order valence-electron chi connectivity index (χ1n) is 6.57. The molecule has 2 rings (SSSR count). The SMILES string of the molecule is CC(CC1CC1)NC(=O)c1cccc(NN)c1[N+](=O)[O-]. The summed E-state index contributed by atoms with van der Waals surface area (Å²) in [5.74, 6) is 5.48. The molecule has 1 aromatic carbocycles. The molecule has 20 heavy (non-hydrogen) atoms. The van der Waals surface area contributed by atoms with Gasteiger partial charge in [-0.25, -0.2) is 0 Å². The smallest absolute Gasteiger partial charge is 0.306 e. The van der Waals surface area contributed by atoms with E-state index in [0.29, 0.717) is 5.92 Å². The average molecular weight is 278 g/mol. The third-order valence-electron chi connectivity index (χ3n) is 3.38. The Morgan fingerprint density at radius 2 is 2.25 bits per heavy atom. The van der Waals surface area contributed by atoms with E-state index in [1.807, 2.05) is 6.92 Å². The highest BCUT2D eigenvalue weighted by Gasteiger charge is 2.27. The molecule has 0 aliphatic heterocycles. The number of hydrogen-bond acceptors (Lipinski definition) is 5. The number of rotatable bonds is 6. The third kappa shape index (κ3) is 3.24. The molecule has 1 aromatic rings. The molecule has 0 radical (unpaired) electrons. The lowest BCUT2D eigenvalue weighted by molar-refractivity contribution is -0.384. The van der Waals surface area contributed by atoms with E-state index in [4.69, 9.17) is 5.84 Å². The average Bonchev–Trinajstić information content (AvgIpc) is 3.21. The van der Waals surface area contributed by atoms with E-state index in [-0.39, 0.29) is 23.0 Å². The summed E-state index contributed by atoms with van der Waals surface area (Å²) in [4.78, 5) is 22.7. The lowest BCUT2D eigenvalue weighted by atomic mass is 10.1. The number of nitrogens with two attached hydrogens (primary N) is 1. The molecule has 0 spiro atoms. The van der Waals surface area contributed by atoms with Crippen LogP contribution in [0.4, 0.5) is 11.4 Å². The van der Waals surface area contributed by atoms with Crippen molar-refractivity contribution in [1.82, 2.24) is 5.32 Å². The number of nitrogens with one attached hydrogen (secondary N) is 2. The molecule has 1 aliphatic rings. The molecule has 1 amide bonds. The molecule has 7 nitrogen and oxygen atoms in total. The molecule has 0 heterocycles. The number of carbonyl (C=O) groups excluding carboxylic acids is 1. The number of nitrogen functional groups attached to an aromatic ring is 1. The van der Waals surface area contributed by atoms with Gasteiger partial charge < -0.3 is 10.7 Å². The predicted molar refractivity (Wildman–Crippen MR) is 75.2 cm³/mol. The zero-order chi connectivity index (χ0) is 14.7. The van der Waals surface area contributed by atoms with Crippen molar-refractivity contribution in [2.24, 2.45) is 11.8 Å². The molecular formula is C13H18N4O3. The number of para-hydroxylation sites is 1. The molecule has 1 fully saturated rings. The lowest BCUT2D eigenvalue weighted by Crippen LogP contribution is -2.33. The van der Waals surface area contributed by atoms with Crippen molar-refractivity contribution < 1.29 is 9.72 Å². The van der Waals surface area contributed by atoms with Gasteiger partial charge in [0.1, 0.15) is 11.3 Å². The summed E-state index contributed by atoms with van der Waals surface area (Å²) in [7, 11) is 0. The Labute approximate surface area is 116 Å². The zero-order valence-corrected chi connectivity index (χ0v) is 11.3. The number of nitrogens with zero attached hydrogens (tertiary/aromatic N) is 1. The van der Waals surface area contributed by atoms with Crippen LogP contribution in [0.25, 0.3) is 0 Å². The van der Waals surface area contributed by atoms with Crippen molar-refractivity contribution in [3.8, 4) is 0 Å². The van der Waals surface area contributed by atoms with E-state index in [2.05, 4.69) is 10.7 Å². The van der Waals surface area contributed by atoms with Crippen LogP contribution in [0.5, 0.6) is 0 Å². The van der Waals surface area contributed by atoms with Gasteiger partial charge in [0.15, 0.2) is 0 Å². The van der Waals surface area contributed by atoms with Gasteiger partial charge in [-0.3, -0.25) is 20.8 Å². The highest BCUT2D eigenvalue weighted by Crippen LogP contribution is 2.33. The zero-order valence-electron chi connectivity index (χ0n) is 11.3. The number of hydrazine groups is 1. The minimum absolute atomic E-state index is 0.00379. The van der Waals surface area contributed by atoms with Gasteiger partial charge in [-0.05, 0) is 31.4 Å². The van der Waals surface area contributed by atoms with Gasteiger partial charge in [0.05, 0.1) is 4.92 Å². The molecule has 108 valence electrons. The van der Waals surface area contributed by atoms with Crippen molar-refractivity contribution in [1.29, 1.82) is 0 Å². The Kier molecular flexibility index (Phi) is 4.19. The first kappa shape index (κ1) is 14.3. The summed E-state index contributed by atoms with van der Waals surface area (Å²) in [6, 6.07) is 4.45. The fourth-order valence-corrected chi connectivity index (χ4v) is 2.25. The number of benzene rings is 1. The topological polar surface area (TPSA) is 110 Å². The van der Waals surface area contributed by atoms with Crippen LogP contribution in [0.1, 0.15) is 36.5 Å². The molecule has 1 aliphatic carbocycles. The van der Waals surface area contributed by atoms with Crippen LogP contribution in [-0.2, 0) is 0 Å². The number of carbonyl (C=O) groups is 1. The number of hydrogen-bond donors (Lipinski definition) is 3. The summed E-state index contributed by atoms with van der Waals surface area (Å²) < 4.78 is 0. The predicted octanol–water partition coefficient (Wildman–Crippen LogP) is 1.80.